The third kappa shape index (κ3) is 7.19. The van der Waals surface area contributed by atoms with Crippen LogP contribution in [0.5, 0.6) is 6.01 Å². The van der Waals surface area contributed by atoms with Gasteiger partial charge in [-0.05, 0) is 42.6 Å². The quantitative estimate of drug-likeness (QED) is 0.183. The van der Waals surface area contributed by atoms with Gasteiger partial charge in [-0.15, -0.1) is 0 Å². The highest BCUT2D eigenvalue weighted by molar-refractivity contribution is 7.87. The molecule has 238 valence electrons. The summed E-state index contributed by atoms with van der Waals surface area (Å²) in [6.07, 6.45) is 3.34. The van der Waals surface area contributed by atoms with E-state index in [9.17, 15) is 9.90 Å². The van der Waals surface area contributed by atoms with Gasteiger partial charge in [0.15, 0.2) is 11.8 Å². The van der Waals surface area contributed by atoms with Crippen LogP contribution in [-0.2, 0) is 31.6 Å². The van der Waals surface area contributed by atoms with Crippen molar-refractivity contribution in [2.45, 2.75) is 61.7 Å². The molecule has 5 atom stereocenters. The van der Waals surface area contributed by atoms with E-state index in [-0.39, 0.29) is 25.9 Å². The van der Waals surface area contributed by atoms with Gasteiger partial charge < -0.3 is 24.1 Å². The number of amides is 1. The van der Waals surface area contributed by atoms with Gasteiger partial charge in [0.05, 0.1) is 23.9 Å². The number of nitrogens with zero attached hydrogens (tertiary/aromatic N) is 5. The summed E-state index contributed by atoms with van der Waals surface area (Å²) in [5.41, 5.74) is 2.82. The van der Waals surface area contributed by atoms with Gasteiger partial charge >= 0.3 is 6.01 Å². The second kappa shape index (κ2) is 13.4. The lowest BCUT2D eigenvalue weighted by molar-refractivity contribution is 0.00336. The normalized spacial score (nSPS) is 22.2. The van der Waals surface area contributed by atoms with E-state index in [1.165, 1.54) is 0 Å². The van der Waals surface area contributed by atoms with Crippen LogP contribution in [0, 0.1) is 0 Å². The minimum absolute atomic E-state index is 0.181. The molecule has 2 aliphatic rings. The predicted molar refractivity (Wildman–Crippen MR) is 175 cm³/mol. The number of rotatable bonds is 10. The number of carbonyl (C=O) groups excluding carboxylic acids is 1. The Hall–Kier alpha value is -3.04. The number of halogens is 1. The average molecular weight is 670 g/mol. The maximum Gasteiger partial charge on any atom is 0.301 e. The van der Waals surface area contributed by atoms with Crippen LogP contribution >= 0.6 is 11.6 Å². The Morgan fingerprint density at radius 2 is 1.93 bits per heavy atom. The average Bonchev–Trinajstić information content (AvgIpc) is 3.69. The smallest absolute Gasteiger partial charge is 0.301 e. The summed E-state index contributed by atoms with van der Waals surface area (Å²) >= 11 is 6.74. The van der Waals surface area contributed by atoms with Crippen LogP contribution in [0.1, 0.15) is 10.4 Å². The number of hydrogen-bond donors (Lipinski definition) is 1. The van der Waals surface area contributed by atoms with Crippen molar-refractivity contribution >= 4 is 47.4 Å². The van der Waals surface area contributed by atoms with E-state index in [0.717, 1.165) is 16.5 Å². The minimum Gasteiger partial charge on any atom is -0.456 e. The van der Waals surface area contributed by atoms with Crippen molar-refractivity contribution in [3.8, 4) is 17.3 Å². The summed E-state index contributed by atoms with van der Waals surface area (Å²) in [6.45, 7) is 8.15. The zero-order valence-corrected chi connectivity index (χ0v) is 28.1. The van der Waals surface area contributed by atoms with Gasteiger partial charge in [0.25, 0.3) is 5.91 Å². The fraction of sp³-hybridized carbons (Fsp3) is 0.419. The van der Waals surface area contributed by atoms with Crippen LogP contribution in [0.25, 0.3) is 22.4 Å². The predicted octanol–water partition coefficient (Wildman–Crippen LogP) is 5.00. The second-order valence-corrected chi connectivity index (χ2v) is 19.9. The molecule has 0 saturated carbocycles. The summed E-state index contributed by atoms with van der Waals surface area (Å²) in [7, 11) is -1.92. The molecule has 1 amide bonds. The lowest BCUT2D eigenvalue weighted by Gasteiger charge is -2.19. The van der Waals surface area contributed by atoms with E-state index in [0.29, 0.717) is 40.1 Å². The highest BCUT2D eigenvalue weighted by Gasteiger charge is 2.49. The van der Waals surface area contributed by atoms with Gasteiger partial charge in [-0.1, -0.05) is 54.1 Å². The molecule has 1 N–H and O–H groups in total. The number of carbonyl (C=O) groups is 1. The zero-order chi connectivity index (χ0) is 31.7. The van der Waals surface area contributed by atoms with Crippen LogP contribution in [0.3, 0.4) is 0 Å². The van der Waals surface area contributed by atoms with Crippen LogP contribution in [0.2, 0.25) is 30.7 Å². The number of pyridine rings is 2. The molecular formula is C31H36ClN5O6SSi. The number of fused-ring (bicyclic) bond motifs is 2. The highest BCUT2D eigenvalue weighted by atomic mass is 35.5. The Labute approximate surface area is 270 Å². The molecule has 5 heterocycles. The second-order valence-electron chi connectivity index (χ2n) is 12.3. The molecule has 0 radical (unpaired) electrons. The van der Waals surface area contributed by atoms with Gasteiger partial charge in [0.1, 0.15) is 30.6 Å². The molecule has 0 bridgehead atoms. The van der Waals surface area contributed by atoms with Crippen molar-refractivity contribution in [2.75, 3.05) is 26.1 Å². The lowest BCUT2D eigenvalue weighted by Crippen LogP contribution is -2.35. The van der Waals surface area contributed by atoms with E-state index in [1.807, 2.05) is 30.5 Å². The summed E-state index contributed by atoms with van der Waals surface area (Å²) in [4.78, 5) is 27.5. The Balaban J connectivity index is 1.28. The number of hydrogen-bond acceptors (Lipinski definition) is 9. The van der Waals surface area contributed by atoms with Crippen LogP contribution in [-0.4, -0.2) is 89.1 Å². The summed E-state index contributed by atoms with van der Waals surface area (Å²) in [6, 6.07) is 13.9. The first-order valence-corrected chi connectivity index (χ1v) is 20.4. The monoisotopic (exact) mass is 669 g/mol. The first-order chi connectivity index (χ1) is 21.6. The maximum atomic E-state index is 12.9. The van der Waals surface area contributed by atoms with Gasteiger partial charge in [-0.25, -0.2) is 4.98 Å². The number of aromatic nitrogens is 4. The largest absolute Gasteiger partial charge is 0.456 e. The molecule has 11 nitrogen and oxygen atoms in total. The van der Waals surface area contributed by atoms with Gasteiger partial charge in [-0.3, -0.25) is 14.3 Å². The Bertz CT molecular complexity index is 1720. The molecule has 3 aromatic heterocycles. The topological polar surface area (TPSA) is 130 Å². The van der Waals surface area contributed by atoms with Crippen molar-refractivity contribution in [3.63, 3.8) is 0 Å². The molecule has 0 spiro atoms. The van der Waals surface area contributed by atoms with E-state index in [4.69, 9.17) is 40.5 Å². The van der Waals surface area contributed by atoms with Gasteiger partial charge in [0, 0.05) is 43.1 Å². The standard InChI is InChI=1S/C31H36ClN5O6SSi/c1-44(21-6-5-11-33-15-21)36-30(39)20-9-7-19(8-10-20)26-22(32)14-23-29(35-26)37(18-40-12-13-45(2,3)4)31(34-23)43-25-17-42-27-24(38)16-41-28(25)27/h5-11,14-15,24-25,27-28,38H,12-13,16-18H2,1-4H3/t24-,25-,27-,28-,44?/m1/s1. The molecule has 2 aliphatic heterocycles. The van der Waals surface area contributed by atoms with Crippen molar-refractivity contribution in [3.05, 3.63) is 65.4 Å². The molecule has 14 heteroatoms. The zero-order valence-electron chi connectivity index (χ0n) is 25.6. The minimum atomic E-state index is -1.30. The number of benzene rings is 1. The van der Waals surface area contributed by atoms with E-state index >= 15 is 0 Å². The highest BCUT2D eigenvalue weighted by Crippen LogP contribution is 2.34. The first kappa shape index (κ1) is 31.9. The summed E-state index contributed by atoms with van der Waals surface area (Å²) in [5.74, 6) is -0.307. The van der Waals surface area contributed by atoms with Crippen molar-refractivity contribution < 1.29 is 28.8 Å². The number of ether oxygens (including phenoxy) is 4. The van der Waals surface area contributed by atoms with Crippen LogP contribution < -0.4 is 4.74 Å². The van der Waals surface area contributed by atoms with Crippen LogP contribution in [0.15, 0.2) is 64.1 Å². The SMILES string of the molecule is CS(=NC(=O)c1ccc(-c2nc3c(cc2Cl)nc(O[C@@H]2CO[C@H]4[C@@H]2OC[C@H]4O)n3COCC[Si](C)(C)C)cc1)c1cccnc1. The summed E-state index contributed by atoms with van der Waals surface area (Å²) in [5, 5.41) is 10.6. The number of aliphatic hydroxyl groups is 1. The Kier molecular flexibility index (Phi) is 9.48. The molecule has 0 aliphatic carbocycles. The van der Waals surface area contributed by atoms with Crippen molar-refractivity contribution in [2.24, 2.45) is 4.36 Å². The molecular weight excluding hydrogens is 634 g/mol. The molecule has 45 heavy (non-hydrogen) atoms. The fourth-order valence-electron chi connectivity index (χ4n) is 5.15. The number of aliphatic hydroxyl groups excluding tert-OH is 1. The Morgan fingerprint density at radius 1 is 1.16 bits per heavy atom. The maximum absolute atomic E-state index is 12.9. The summed E-state index contributed by atoms with van der Waals surface area (Å²) < 4.78 is 30.1. The third-order valence-corrected chi connectivity index (χ3v) is 11.1. The van der Waals surface area contributed by atoms with E-state index in [1.54, 1.807) is 35.2 Å². The number of imidazole rings is 1. The fourth-order valence-corrected chi connectivity index (χ4v) is 7.11. The van der Waals surface area contributed by atoms with Crippen molar-refractivity contribution in [1.29, 1.82) is 0 Å². The van der Waals surface area contributed by atoms with Crippen LogP contribution in [0.4, 0.5) is 0 Å². The molecule has 1 unspecified atom stereocenters. The first-order valence-electron chi connectivity index (χ1n) is 14.7. The molecule has 2 fully saturated rings. The Morgan fingerprint density at radius 3 is 2.67 bits per heavy atom. The molecule has 4 aromatic rings. The molecule has 6 rings (SSSR count). The van der Waals surface area contributed by atoms with E-state index < -0.39 is 43.2 Å². The van der Waals surface area contributed by atoms with Gasteiger partial charge in [-0.2, -0.15) is 9.35 Å². The molecule has 1 aromatic carbocycles. The van der Waals surface area contributed by atoms with Crippen molar-refractivity contribution in [1.82, 2.24) is 19.5 Å². The lowest BCUT2D eigenvalue weighted by atomic mass is 10.1. The van der Waals surface area contributed by atoms with E-state index in [2.05, 4.69) is 29.0 Å². The molecule has 2 saturated heterocycles. The van der Waals surface area contributed by atoms with Gasteiger partial charge in [0.2, 0.25) is 0 Å². The third-order valence-electron chi connectivity index (χ3n) is 7.70.